The highest BCUT2D eigenvalue weighted by Gasteiger charge is 2.42. The minimum absolute atomic E-state index is 0.0748. The molecule has 28 heavy (non-hydrogen) atoms. The Morgan fingerprint density at radius 2 is 1.82 bits per heavy atom. The smallest absolute Gasteiger partial charge is 0.417 e. The molecule has 0 aliphatic carbocycles. The third kappa shape index (κ3) is 6.57. The molecule has 12 heteroatoms. The van der Waals surface area contributed by atoms with Crippen molar-refractivity contribution in [1.82, 2.24) is 10.3 Å². The number of nitrogens with one attached hydrogen (secondary N) is 1. The normalized spacial score (nSPS) is 14.4. The van der Waals surface area contributed by atoms with Gasteiger partial charge in [-0.05, 0) is 32.9 Å². The summed E-state index contributed by atoms with van der Waals surface area (Å²) in [4.78, 5) is 27.4. The number of aromatic nitrogens is 1. The third-order valence-corrected chi connectivity index (χ3v) is 6.00. The molecule has 0 radical (unpaired) electrons. The molecule has 1 aromatic rings. The van der Waals surface area contributed by atoms with E-state index in [2.05, 4.69) is 10.3 Å². The maximum absolute atomic E-state index is 12.7. The number of amides is 1. The van der Waals surface area contributed by atoms with Gasteiger partial charge in [0, 0.05) is 6.20 Å². The summed E-state index contributed by atoms with van der Waals surface area (Å²) in [7, 11) is -4.08. The van der Waals surface area contributed by atoms with Gasteiger partial charge in [0.15, 0.2) is 5.66 Å². The van der Waals surface area contributed by atoms with Gasteiger partial charge in [0.25, 0.3) is 0 Å². The Morgan fingerprint density at radius 1 is 1.25 bits per heavy atom. The standard InChI is InChI=1S/C16H22F3N2O6P/c1-4-26-28(25,27-5-2)13(15(23)24)8-14(22)21-10(3)12-7-6-11(9-20-12)16(17,18)19/h6-7,9-10,13H,4-5,8H2,1-3H3,(H,21,22)(H,23,24)/t10-,13?/m0/s1. The van der Waals surface area contributed by atoms with Crippen molar-refractivity contribution in [1.29, 1.82) is 0 Å². The van der Waals surface area contributed by atoms with E-state index in [1.807, 2.05) is 0 Å². The summed E-state index contributed by atoms with van der Waals surface area (Å²) in [6.45, 7) is 4.32. The molecule has 1 amide bonds. The quantitative estimate of drug-likeness (QED) is 0.551. The van der Waals surface area contributed by atoms with Crippen molar-refractivity contribution in [3.63, 3.8) is 0 Å². The zero-order valence-electron chi connectivity index (χ0n) is 15.5. The van der Waals surface area contributed by atoms with Crippen molar-refractivity contribution < 1.29 is 41.5 Å². The molecular formula is C16H22F3N2O6P. The van der Waals surface area contributed by atoms with Gasteiger partial charge < -0.3 is 19.5 Å². The first kappa shape index (κ1) is 24.1. The summed E-state index contributed by atoms with van der Waals surface area (Å²) >= 11 is 0. The van der Waals surface area contributed by atoms with Crippen LogP contribution in [-0.2, 0) is 29.4 Å². The number of carbonyl (C=O) groups excluding carboxylic acids is 1. The van der Waals surface area contributed by atoms with Crippen LogP contribution in [0.3, 0.4) is 0 Å². The second kappa shape index (κ2) is 9.99. The second-order valence-electron chi connectivity index (χ2n) is 5.69. The Morgan fingerprint density at radius 3 is 2.21 bits per heavy atom. The summed E-state index contributed by atoms with van der Waals surface area (Å²) < 4.78 is 60.3. The van der Waals surface area contributed by atoms with E-state index in [1.165, 1.54) is 20.8 Å². The molecule has 2 N–H and O–H groups in total. The van der Waals surface area contributed by atoms with Gasteiger partial charge in [-0.1, -0.05) is 0 Å². The van der Waals surface area contributed by atoms with Crippen molar-refractivity contribution in [3.05, 3.63) is 29.6 Å². The molecule has 1 unspecified atom stereocenters. The topological polar surface area (TPSA) is 115 Å². The average Bonchev–Trinajstić information content (AvgIpc) is 2.59. The minimum Gasteiger partial charge on any atom is -0.481 e. The number of nitrogens with zero attached hydrogens (tertiary/aromatic N) is 1. The number of hydrogen-bond donors (Lipinski definition) is 2. The summed E-state index contributed by atoms with van der Waals surface area (Å²) in [5.74, 6) is -2.32. The summed E-state index contributed by atoms with van der Waals surface area (Å²) in [5.41, 5.74) is -2.51. The summed E-state index contributed by atoms with van der Waals surface area (Å²) in [6.07, 6.45) is -4.60. The number of aliphatic carboxylic acids is 1. The SMILES string of the molecule is CCOP(=O)(OCC)C(CC(=O)N[C@@H](C)c1ccc(C(F)(F)F)cn1)C(=O)O. The lowest BCUT2D eigenvalue weighted by Gasteiger charge is -2.23. The first-order chi connectivity index (χ1) is 12.9. The Hall–Kier alpha value is -1.97. The van der Waals surface area contributed by atoms with Gasteiger partial charge in [0.1, 0.15) is 0 Å². The Kier molecular flexibility index (Phi) is 8.59. The third-order valence-electron chi connectivity index (χ3n) is 3.60. The number of pyridine rings is 1. The van der Waals surface area contributed by atoms with Gasteiger partial charge >= 0.3 is 19.7 Å². The molecule has 0 fully saturated rings. The second-order valence-corrected chi connectivity index (χ2v) is 7.91. The Balaban J connectivity index is 2.87. The maximum Gasteiger partial charge on any atom is 0.417 e. The molecule has 8 nitrogen and oxygen atoms in total. The van der Waals surface area contributed by atoms with Crippen LogP contribution in [0.2, 0.25) is 0 Å². The summed E-state index contributed by atoms with van der Waals surface area (Å²) in [5, 5.41) is 11.8. The molecule has 0 spiro atoms. The van der Waals surface area contributed by atoms with E-state index in [4.69, 9.17) is 9.05 Å². The average molecular weight is 426 g/mol. The Labute approximate surface area is 160 Å². The van der Waals surface area contributed by atoms with Crippen LogP contribution in [0.1, 0.15) is 44.5 Å². The van der Waals surface area contributed by atoms with E-state index in [0.717, 1.165) is 12.1 Å². The summed E-state index contributed by atoms with van der Waals surface area (Å²) in [6, 6.07) is 1.12. The first-order valence-corrected chi connectivity index (χ1v) is 9.99. The predicted molar refractivity (Wildman–Crippen MR) is 92.7 cm³/mol. The lowest BCUT2D eigenvalue weighted by molar-refractivity contribution is -0.139. The highest BCUT2D eigenvalue weighted by Crippen LogP contribution is 2.54. The lowest BCUT2D eigenvalue weighted by Crippen LogP contribution is -2.34. The van der Waals surface area contributed by atoms with E-state index in [9.17, 15) is 32.4 Å². The van der Waals surface area contributed by atoms with Gasteiger partial charge in [-0.15, -0.1) is 0 Å². The molecule has 1 aromatic heterocycles. The predicted octanol–water partition coefficient (Wildman–Crippen LogP) is 3.39. The van der Waals surface area contributed by atoms with Crippen LogP contribution in [0.25, 0.3) is 0 Å². The fraction of sp³-hybridized carbons (Fsp3) is 0.562. The number of halogens is 3. The van der Waals surface area contributed by atoms with E-state index < -0.39 is 49.3 Å². The van der Waals surface area contributed by atoms with Crippen LogP contribution in [-0.4, -0.2) is 40.8 Å². The number of alkyl halides is 3. The Bertz CT molecular complexity index is 716. The van der Waals surface area contributed by atoms with Crippen LogP contribution < -0.4 is 5.32 Å². The van der Waals surface area contributed by atoms with Gasteiger partial charge in [-0.3, -0.25) is 19.1 Å². The van der Waals surface area contributed by atoms with E-state index >= 15 is 0 Å². The fourth-order valence-corrected chi connectivity index (χ4v) is 4.10. The van der Waals surface area contributed by atoms with Gasteiger partial charge in [0.2, 0.25) is 5.91 Å². The number of carboxylic acids is 1. The molecule has 0 aliphatic rings. The number of carboxylic acid groups (broad SMARTS) is 1. The molecule has 0 bridgehead atoms. The molecule has 1 rings (SSSR count). The van der Waals surface area contributed by atoms with Crippen molar-refractivity contribution in [2.45, 2.75) is 45.1 Å². The van der Waals surface area contributed by atoms with Crippen LogP contribution in [0.5, 0.6) is 0 Å². The highest BCUT2D eigenvalue weighted by atomic mass is 31.2. The van der Waals surface area contributed by atoms with Gasteiger partial charge in [-0.25, -0.2) is 0 Å². The van der Waals surface area contributed by atoms with E-state index in [0.29, 0.717) is 6.20 Å². The van der Waals surface area contributed by atoms with Crippen molar-refractivity contribution in [2.75, 3.05) is 13.2 Å². The molecule has 0 aromatic carbocycles. The lowest BCUT2D eigenvalue weighted by atomic mass is 10.1. The van der Waals surface area contributed by atoms with Crippen LogP contribution in [0, 0.1) is 0 Å². The molecule has 0 saturated heterocycles. The van der Waals surface area contributed by atoms with E-state index in [-0.39, 0.29) is 18.9 Å². The minimum atomic E-state index is -4.54. The zero-order valence-corrected chi connectivity index (χ0v) is 16.4. The van der Waals surface area contributed by atoms with Crippen LogP contribution in [0.4, 0.5) is 13.2 Å². The fourth-order valence-electron chi connectivity index (χ4n) is 2.29. The monoisotopic (exact) mass is 426 g/mol. The first-order valence-electron chi connectivity index (χ1n) is 8.38. The van der Waals surface area contributed by atoms with Gasteiger partial charge in [-0.2, -0.15) is 13.2 Å². The molecule has 1 heterocycles. The van der Waals surface area contributed by atoms with Crippen LogP contribution in [0.15, 0.2) is 18.3 Å². The molecule has 0 saturated carbocycles. The van der Waals surface area contributed by atoms with Gasteiger partial charge in [0.05, 0.1) is 36.9 Å². The maximum atomic E-state index is 12.7. The largest absolute Gasteiger partial charge is 0.481 e. The van der Waals surface area contributed by atoms with Crippen molar-refractivity contribution in [3.8, 4) is 0 Å². The van der Waals surface area contributed by atoms with E-state index in [1.54, 1.807) is 0 Å². The van der Waals surface area contributed by atoms with Crippen molar-refractivity contribution in [2.24, 2.45) is 0 Å². The number of carbonyl (C=O) groups is 2. The number of rotatable bonds is 10. The number of hydrogen-bond acceptors (Lipinski definition) is 6. The molecular weight excluding hydrogens is 404 g/mol. The molecule has 0 aliphatic heterocycles. The highest BCUT2D eigenvalue weighted by molar-refractivity contribution is 7.55. The van der Waals surface area contributed by atoms with Crippen molar-refractivity contribution >= 4 is 19.5 Å². The molecule has 2 atom stereocenters. The molecule has 158 valence electrons. The van der Waals surface area contributed by atoms with Crippen LogP contribution >= 0.6 is 7.60 Å². The zero-order chi connectivity index (χ0) is 21.5.